The van der Waals surface area contributed by atoms with Crippen LogP contribution in [0.4, 0.5) is 34.6 Å². The van der Waals surface area contributed by atoms with E-state index >= 15 is 0 Å². The molecule has 0 fully saturated rings. The van der Waals surface area contributed by atoms with E-state index in [0.29, 0.717) is 5.95 Å². The summed E-state index contributed by atoms with van der Waals surface area (Å²) >= 11 is 0. The predicted octanol–water partition coefficient (Wildman–Crippen LogP) is 7.11. The fraction of sp³-hybridized carbons (Fsp3) is 0.0385. The van der Waals surface area contributed by atoms with Gasteiger partial charge in [0.05, 0.1) is 12.6 Å². The molecule has 2 aromatic heterocycles. The monoisotopic (exact) mass is 506 g/mol. The molecule has 0 amide bonds. The van der Waals surface area contributed by atoms with Crippen molar-refractivity contribution in [1.29, 1.82) is 0 Å². The maximum absolute atomic E-state index is 5.25. The fourth-order valence-corrected chi connectivity index (χ4v) is 3.39. The smallest absolute Gasteiger partial charge is 0.229 e. The van der Waals surface area contributed by atoms with Crippen LogP contribution in [0.3, 0.4) is 0 Å². The third-order valence-corrected chi connectivity index (χ3v) is 5.03. The number of methoxy groups -OCH3 is 1. The maximum atomic E-state index is 5.25. The molecule has 9 heteroatoms. The predicted molar refractivity (Wildman–Crippen MR) is 148 cm³/mol. The molecule has 5 aromatic rings. The summed E-state index contributed by atoms with van der Waals surface area (Å²) in [5.74, 6) is 2.83. The molecule has 0 bridgehead atoms. The van der Waals surface area contributed by atoms with Crippen LogP contribution in [0.1, 0.15) is 0 Å². The van der Waals surface area contributed by atoms with Crippen LogP contribution >= 0.6 is 24.8 Å². The Balaban J connectivity index is 0.00000171. The first-order valence-electron chi connectivity index (χ1n) is 10.5. The van der Waals surface area contributed by atoms with Crippen molar-refractivity contribution in [2.75, 3.05) is 23.1 Å². The van der Waals surface area contributed by atoms with Crippen LogP contribution < -0.4 is 20.7 Å². The van der Waals surface area contributed by atoms with Gasteiger partial charge in [0.2, 0.25) is 5.95 Å². The second-order valence-electron chi connectivity index (χ2n) is 7.31. The summed E-state index contributed by atoms with van der Waals surface area (Å²) in [6.07, 6.45) is 1.76. The largest absolute Gasteiger partial charge is 0.497 e. The molecule has 35 heavy (non-hydrogen) atoms. The Bertz CT molecular complexity index is 1370. The van der Waals surface area contributed by atoms with Gasteiger partial charge in [0.1, 0.15) is 17.4 Å². The highest BCUT2D eigenvalue weighted by Crippen LogP contribution is 2.27. The molecule has 3 N–H and O–H groups in total. The average Bonchev–Trinajstić information content (AvgIpc) is 2.86. The number of ether oxygens (including phenoxy) is 1. The van der Waals surface area contributed by atoms with Crippen molar-refractivity contribution in [2.45, 2.75) is 0 Å². The highest BCUT2D eigenvalue weighted by Gasteiger charge is 2.09. The molecule has 0 saturated heterocycles. The van der Waals surface area contributed by atoms with Crippen molar-refractivity contribution in [1.82, 2.24) is 15.0 Å². The first kappa shape index (κ1) is 25.6. The second-order valence-corrected chi connectivity index (χ2v) is 7.31. The number of aromatic nitrogens is 3. The maximum Gasteiger partial charge on any atom is 0.229 e. The van der Waals surface area contributed by atoms with E-state index < -0.39 is 0 Å². The Kier molecular flexibility index (Phi) is 8.67. The molecular weight excluding hydrogens is 483 g/mol. The van der Waals surface area contributed by atoms with Gasteiger partial charge in [0.15, 0.2) is 0 Å². The molecule has 0 aliphatic heterocycles. The van der Waals surface area contributed by atoms with Gasteiger partial charge in [-0.3, -0.25) is 0 Å². The number of halogens is 2. The normalized spacial score (nSPS) is 9.97. The number of nitrogens with one attached hydrogen (secondary N) is 3. The first-order valence-corrected chi connectivity index (χ1v) is 10.5. The zero-order chi connectivity index (χ0) is 22.5. The SMILES string of the molecule is COc1ccc(Nc2nc(Nc3ccc(Nc4ccccn4)cc3)nc3ccccc23)cc1.Cl.Cl. The van der Waals surface area contributed by atoms with E-state index in [2.05, 4.69) is 25.9 Å². The molecular formula is C26H24Cl2N6O. The summed E-state index contributed by atoms with van der Waals surface area (Å²) in [4.78, 5) is 13.7. The summed E-state index contributed by atoms with van der Waals surface area (Å²) in [5, 5.41) is 10.9. The van der Waals surface area contributed by atoms with Crippen molar-refractivity contribution < 1.29 is 4.74 Å². The van der Waals surface area contributed by atoms with E-state index in [0.717, 1.165) is 45.4 Å². The quantitative estimate of drug-likeness (QED) is 0.217. The summed E-state index contributed by atoms with van der Waals surface area (Å²) in [5.41, 5.74) is 3.59. The van der Waals surface area contributed by atoms with Gasteiger partial charge in [-0.15, -0.1) is 24.8 Å². The molecule has 0 atom stereocenters. The lowest BCUT2D eigenvalue weighted by atomic mass is 10.2. The van der Waals surface area contributed by atoms with Gasteiger partial charge >= 0.3 is 0 Å². The van der Waals surface area contributed by atoms with Gasteiger partial charge in [-0.05, 0) is 72.8 Å². The average molecular weight is 507 g/mol. The molecule has 0 spiro atoms. The molecule has 0 aliphatic carbocycles. The zero-order valence-corrected chi connectivity index (χ0v) is 20.4. The molecule has 178 valence electrons. The number of nitrogens with zero attached hydrogens (tertiary/aromatic N) is 3. The van der Waals surface area contributed by atoms with Crippen LogP contribution in [-0.4, -0.2) is 22.1 Å². The minimum Gasteiger partial charge on any atom is -0.497 e. The van der Waals surface area contributed by atoms with E-state index in [1.807, 2.05) is 91.0 Å². The molecule has 3 aromatic carbocycles. The Labute approximate surface area is 215 Å². The fourth-order valence-electron chi connectivity index (χ4n) is 3.39. The number of hydrogen-bond donors (Lipinski definition) is 3. The van der Waals surface area contributed by atoms with Crippen LogP contribution in [0.2, 0.25) is 0 Å². The van der Waals surface area contributed by atoms with E-state index in [1.165, 1.54) is 0 Å². The minimum atomic E-state index is 0. The van der Waals surface area contributed by atoms with Crippen LogP contribution in [-0.2, 0) is 0 Å². The van der Waals surface area contributed by atoms with Crippen LogP contribution in [0, 0.1) is 0 Å². The Morgan fingerprint density at radius 2 is 1.26 bits per heavy atom. The van der Waals surface area contributed by atoms with Gasteiger partial charge in [-0.2, -0.15) is 4.98 Å². The van der Waals surface area contributed by atoms with E-state index in [-0.39, 0.29) is 24.8 Å². The van der Waals surface area contributed by atoms with Gasteiger partial charge in [0.25, 0.3) is 0 Å². The topological polar surface area (TPSA) is 84.0 Å². The summed E-state index contributed by atoms with van der Waals surface area (Å²) in [6, 6.07) is 29.3. The standard InChI is InChI=1S/C26H22N6O.2ClH/c1-33-21-15-13-19(14-16-21)29-25-22-6-2-3-7-23(22)31-26(32-25)30-20-11-9-18(10-12-20)28-24-8-4-5-17-27-24;;/h2-17H,1H3,(H,27,28)(H2,29,30,31,32);2*1H. The summed E-state index contributed by atoms with van der Waals surface area (Å²) in [6.45, 7) is 0. The van der Waals surface area contributed by atoms with Gasteiger partial charge in [0, 0.05) is 28.6 Å². The summed E-state index contributed by atoms with van der Waals surface area (Å²) in [7, 11) is 1.65. The Morgan fingerprint density at radius 3 is 1.94 bits per heavy atom. The molecule has 5 rings (SSSR count). The van der Waals surface area contributed by atoms with Crippen LogP contribution in [0.25, 0.3) is 10.9 Å². The molecule has 2 heterocycles. The van der Waals surface area contributed by atoms with Crippen LogP contribution in [0.5, 0.6) is 5.75 Å². The van der Waals surface area contributed by atoms with E-state index in [9.17, 15) is 0 Å². The van der Waals surface area contributed by atoms with Crippen molar-refractivity contribution in [3.05, 3.63) is 97.2 Å². The molecule has 0 unspecified atom stereocenters. The van der Waals surface area contributed by atoms with Crippen LogP contribution in [0.15, 0.2) is 97.2 Å². The number of fused-ring (bicyclic) bond motifs is 1. The molecule has 0 radical (unpaired) electrons. The first-order chi connectivity index (χ1) is 16.3. The zero-order valence-electron chi connectivity index (χ0n) is 18.8. The Morgan fingerprint density at radius 1 is 0.629 bits per heavy atom. The van der Waals surface area contributed by atoms with Gasteiger partial charge in [-0.1, -0.05) is 18.2 Å². The lowest BCUT2D eigenvalue weighted by Crippen LogP contribution is -2.02. The van der Waals surface area contributed by atoms with Crippen molar-refractivity contribution in [2.24, 2.45) is 0 Å². The van der Waals surface area contributed by atoms with Gasteiger partial charge < -0.3 is 20.7 Å². The number of benzene rings is 3. The number of pyridine rings is 1. The third-order valence-electron chi connectivity index (χ3n) is 5.03. The van der Waals surface area contributed by atoms with E-state index in [1.54, 1.807) is 13.3 Å². The number of rotatable bonds is 7. The lowest BCUT2D eigenvalue weighted by molar-refractivity contribution is 0.415. The Hall–Kier alpha value is -4.07. The molecule has 0 aliphatic rings. The highest BCUT2D eigenvalue weighted by molar-refractivity contribution is 5.92. The highest BCUT2D eigenvalue weighted by atomic mass is 35.5. The number of para-hydroxylation sites is 1. The second kappa shape index (κ2) is 11.9. The molecule has 7 nitrogen and oxygen atoms in total. The van der Waals surface area contributed by atoms with Crippen molar-refractivity contribution in [3.8, 4) is 5.75 Å². The number of anilines is 6. The lowest BCUT2D eigenvalue weighted by Gasteiger charge is -2.13. The third kappa shape index (κ3) is 6.29. The summed E-state index contributed by atoms with van der Waals surface area (Å²) < 4.78 is 5.25. The van der Waals surface area contributed by atoms with E-state index in [4.69, 9.17) is 9.72 Å². The number of hydrogen-bond acceptors (Lipinski definition) is 7. The van der Waals surface area contributed by atoms with Gasteiger partial charge in [-0.25, -0.2) is 9.97 Å². The molecule has 0 saturated carbocycles. The van der Waals surface area contributed by atoms with Crippen molar-refractivity contribution in [3.63, 3.8) is 0 Å². The minimum absolute atomic E-state index is 0. The van der Waals surface area contributed by atoms with Crippen molar-refractivity contribution >= 4 is 70.4 Å².